The van der Waals surface area contributed by atoms with Crippen molar-refractivity contribution >= 4 is 33.1 Å². The number of rotatable bonds is 2. The molecule has 0 aliphatic rings. The molecule has 0 radical (unpaired) electrons. The molecule has 2 aromatic rings. The van der Waals surface area contributed by atoms with Crippen molar-refractivity contribution in [2.75, 3.05) is 11.1 Å². The molecule has 3 nitrogen and oxygen atoms in total. The number of hydrogen-bond donors (Lipinski definition) is 2. The number of nitrogens with two attached hydrogens (primary N) is 1. The van der Waals surface area contributed by atoms with Gasteiger partial charge in [0.2, 0.25) is 0 Å². The molecule has 4 heteroatoms. The molecule has 0 atom stereocenters. The van der Waals surface area contributed by atoms with E-state index in [0.29, 0.717) is 11.5 Å². The standard InChI is InChI=1S/C12H12BrN3/c1-8-4-2-3-5-11(8)16-12-10(14)6-9(13)7-15-12/h2-7H,14H2,1H3,(H,15,16). The highest BCUT2D eigenvalue weighted by Crippen LogP contribution is 2.24. The number of hydrogen-bond acceptors (Lipinski definition) is 3. The second-order valence-electron chi connectivity index (χ2n) is 3.53. The van der Waals surface area contributed by atoms with E-state index < -0.39 is 0 Å². The van der Waals surface area contributed by atoms with E-state index in [2.05, 4.69) is 26.2 Å². The predicted molar refractivity (Wildman–Crippen MR) is 70.8 cm³/mol. The van der Waals surface area contributed by atoms with Crippen molar-refractivity contribution < 1.29 is 0 Å². The van der Waals surface area contributed by atoms with Crippen LogP contribution in [-0.2, 0) is 0 Å². The number of anilines is 3. The molecule has 2 rings (SSSR count). The number of nitrogens with zero attached hydrogens (tertiary/aromatic N) is 1. The Kier molecular flexibility index (Phi) is 3.10. The molecule has 0 aliphatic heterocycles. The molecule has 0 bridgehead atoms. The molecule has 0 saturated carbocycles. The lowest BCUT2D eigenvalue weighted by Crippen LogP contribution is -2.00. The monoisotopic (exact) mass is 277 g/mol. The van der Waals surface area contributed by atoms with Gasteiger partial charge in [-0.05, 0) is 40.5 Å². The number of para-hydroxylation sites is 1. The van der Waals surface area contributed by atoms with E-state index in [9.17, 15) is 0 Å². The third-order valence-electron chi connectivity index (χ3n) is 2.28. The Morgan fingerprint density at radius 1 is 1.31 bits per heavy atom. The zero-order valence-corrected chi connectivity index (χ0v) is 10.5. The molecule has 1 aromatic heterocycles. The van der Waals surface area contributed by atoms with E-state index in [-0.39, 0.29) is 0 Å². The van der Waals surface area contributed by atoms with Gasteiger partial charge in [-0.1, -0.05) is 18.2 Å². The van der Waals surface area contributed by atoms with Crippen LogP contribution in [0.4, 0.5) is 17.2 Å². The van der Waals surface area contributed by atoms with Crippen LogP contribution in [0, 0.1) is 6.92 Å². The van der Waals surface area contributed by atoms with Crippen LogP contribution in [0.1, 0.15) is 5.56 Å². The fourth-order valence-electron chi connectivity index (χ4n) is 1.40. The Hall–Kier alpha value is -1.55. The van der Waals surface area contributed by atoms with Gasteiger partial charge in [-0.3, -0.25) is 0 Å². The maximum Gasteiger partial charge on any atom is 0.153 e. The minimum atomic E-state index is 0.623. The Bertz CT molecular complexity index is 511. The Morgan fingerprint density at radius 3 is 2.75 bits per heavy atom. The zero-order chi connectivity index (χ0) is 11.5. The maximum atomic E-state index is 5.86. The lowest BCUT2D eigenvalue weighted by atomic mass is 10.2. The van der Waals surface area contributed by atoms with Gasteiger partial charge in [-0.15, -0.1) is 0 Å². The summed E-state index contributed by atoms with van der Waals surface area (Å²) in [4.78, 5) is 4.23. The second kappa shape index (κ2) is 4.53. The van der Waals surface area contributed by atoms with Gasteiger partial charge in [0, 0.05) is 16.4 Å². The number of aryl methyl sites for hydroxylation is 1. The van der Waals surface area contributed by atoms with Crippen molar-refractivity contribution in [3.05, 3.63) is 46.6 Å². The van der Waals surface area contributed by atoms with Gasteiger partial charge in [0.1, 0.15) is 0 Å². The summed E-state index contributed by atoms with van der Waals surface area (Å²) in [5.74, 6) is 0.678. The van der Waals surface area contributed by atoms with E-state index in [1.807, 2.05) is 37.3 Å². The average molecular weight is 278 g/mol. The first-order chi connectivity index (χ1) is 7.66. The van der Waals surface area contributed by atoms with E-state index in [1.165, 1.54) is 0 Å². The first kappa shape index (κ1) is 11.0. The van der Waals surface area contributed by atoms with Gasteiger partial charge in [0.25, 0.3) is 0 Å². The van der Waals surface area contributed by atoms with Gasteiger partial charge < -0.3 is 11.1 Å². The van der Waals surface area contributed by atoms with Crippen LogP contribution in [0.15, 0.2) is 41.0 Å². The van der Waals surface area contributed by atoms with Crippen LogP contribution >= 0.6 is 15.9 Å². The molecule has 0 amide bonds. The molecule has 0 spiro atoms. The van der Waals surface area contributed by atoms with Gasteiger partial charge in [-0.2, -0.15) is 0 Å². The Balaban J connectivity index is 2.31. The minimum absolute atomic E-state index is 0.623. The van der Waals surface area contributed by atoms with Crippen molar-refractivity contribution in [2.24, 2.45) is 0 Å². The predicted octanol–water partition coefficient (Wildman–Crippen LogP) is 3.48. The summed E-state index contributed by atoms with van der Waals surface area (Å²) in [6, 6.07) is 9.84. The van der Waals surface area contributed by atoms with Crippen LogP contribution in [0.3, 0.4) is 0 Å². The number of pyridine rings is 1. The molecule has 0 fully saturated rings. The van der Waals surface area contributed by atoms with Crippen LogP contribution < -0.4 is 11.1 Å². The SMILES string of the molecule is Cc1ccccc1Nc1ncc(Br)cc1N. The molecule has 0 aliphatic carbocycles. The Morgan fingerprint density at radius 2 is 2.06 bits per heavy atom. The molecule has 1 heterocycles. The molecule has 3 N–H and O–H groups in total. The fraction of sp³-hybridized carbons (Fsp3) is 0.0833. The lowest BCUT2D eigenvalue weighted by molar-refractivity contribution is 1.29. The minimum Gasteiger partial charge on any atom is -0.396 e. The second-order valence-corrected chi connectivity index (χ2v) is 4.45. The van der Waals surface area contributed by atoms with Crippen molar-refractivity contribution in [1.82, 2.24) is 4.98 Å². The summed E-state index contributed by atoms with van der Waals surface area (Å²) in [6.07, 6.45) is 1.72. The summed E-state index contributed by atoms with van der Waals surface area (Å²) in [7, 11) is 0. The Labute approximate surface area is 103 Å². The number of benzene rings is 1. The van der Waals surface area contributed by atoms with E-state index in [4.69, 9.17) is 5.73 Å². The topological polar surface area (TPSA) is 50.9 Å². The highest BCUT2D eigenvalue weighted by atomic mass is 79.9. The normalized spacial score (nSPS) is 10.1. The third kappa shape index (κ3) is 2.33. The molecule has 82 valence electrons. The van der Waals surface area contributed by atoms with Gasteiger partial charge in [0.15, 0.2) is 5.82 Å². The molecular formula is C12H12BrN3. The van der Waals surface area contributed by atoms with E-state index in [0.717, 1.165) is 15.7 Å². The first-order valence-corrected chi connectivity index (χ1v) is 5.70. The van der Waals surface area contributed by atoms with Crippen LogP contribution in [-0.4, -0.2) is 4.98 Å². The van der Waals surface area contributed by atoms with Gasteiger partial charge in [-0.25, -0.2) is 4.98 Å². The zero-order valence-electron chi connectivity index (χ0n) is 8.87. The summed E-state index contributed by atoms with van der Waals surface area (Å²) in [6.45, 7) is 2.04. The summed E-state index contributed by atoms with van der Waals surface area (Å²) < 4.78 is 0.875. The number of halogens is 1. The number of nitrogen functional groups attached to an aromatic ring is 1. The smallest absolute Gasteiger partial charge is 0.153 e. The summed E-state index contributed by atoms with van der Waals surface area (Å²) in [5.41, 5.74) is 8.66. The van der Waals surface area contributed by atoms with Crippen molar-refractivity contribution in [3.8, 4) is 0 Å². The van der Waals surface area contributed by atoms with Crippen molar-refractivity contribution in [2.45, 2.75) is 6.92 Å². The fourth-order valence-corrected chi connectivity index (χ4v) is 1.75. The quantitative estimate of drug-likeness (QED) is 0.884. The van der Waals surface area contributed by atoms with E-state index in [1.54, 1.807) is 6.20 Å². The van der Waals surface area contributed by atoms with Crippen molar-refractivity contribution in [3.63, 3.8) is 0 Å². The molecule has 0 unspecified atom stereocenters. The molecule has 1 aromatic carbocycles. The third-order valence-corrected chi connectivity index (χ3v) is 2.72. The number of aromatic nitrogens is 1. The lowest BCUT2D eigenvalue weighted by Gasteiger charge is -2.10. The highest BCUT2D eigenvalue weighted by Gasteiger charge is 2.03. The van der Waals surface area contributed by atoms with Crippen molar-refractivity contribution in [1.29, 1.82) is 0 Å². The average Bonchev–Trinajstić information content (AvgIpc) is 2.25. The first-order valence-electron chi connectivity index (χ1n) is 4.90. The molecule has 16 heavy (non-hydrogen) atoms. The largest absolute Gasteiger partial charge is 0.396 e. The van der Waals surface area contributed by atoms with Crippen LogP contribution in [0.25, 0.3) is 0 Å². The van der Waals surface area contributed by atoms with Crippen LogP contribution in [0.5, 0.6) is 0 Å². The maximum absolute atomic E-state index is 5.86. The van der Waals surface area contributed by atoms with Crippen LogP contribution in [0.2, 0.25) is 0 Å². The van der Waals surface area contributed by atoms with Gasteiger partial charge in [0.05, 0.1) is 5.69 Å². The van der Waals surface area contributed by atoms with Gasteiger partial charge >= 0.3 is 0 Å². The summed E-state index contributed by atoms with van der Waals surface area (Å²) in [5, 5.41) is 3.21. The molecular weight excluding hydrogens is 266 g/mol. The van der Waals surface area contributed by atoms with E-state index >= 15 is 0 Å². The molecule has 0 saturated heterocycles. The number of nitrogens with one attached hydrogen (secondary N) is 1. The summed E-state index contributed by atoms with van der Waals surface area (Å²) >= 11 is 3.33. The highest BCUT2D eigenvalue weighted by molar-refractivity contribution is 9.10.